The van der Waals surface area contributed by atoms with E-state index < -0.39 is 11.6 Å². The first-order valence-corrected chi connectivity index (χ1v) is 9.10. The number of hydrogen-bond donors (Lipinski definition) is 2. The number of fused-ring (bicyclic) bond motifs is 1. The molecule has 2 aromatic rings. The minimum absolute atomic E-state index is 0.279. The van der Waals surface area contributed by atoms with Crippen LogP contribution in [-0.4, -0.2) is 38.3 Å². The molecule has 5 nitrogen and oxygen atoms in total. The van der Waals surface area contributed by atoms with Gasteiger partial charge in [0, 0.05) is 12.1 Å². The molecule has 0 unspecified atom stereocenters. The van der Waals surface area contributed by atoms with Crippen molar-refractivity contribution >= 4 is 27.6 Å². The second kappa shape index (κ2) is 6.33. The van der Waals surface area contributed by atoms with Crippen molar-refractivity contribution in [3.63, 3.8) is 0 Å². The highest BCUT2D eigenvalue weighted by Crippen LogP contribution is 2.42. The molecule has 2 N–H and O–H groups in total. The van der Waals surface area contributed by atoms with Crippen LogP contribution >= 0.6 is 11.3 Å². The summed E-state index contributed by atoms with van der Waals surface area (Å²) in [5.41, 5.74) is 1.77. The van der Waals surface area contributed by atoms with Crippen LogP contribution < -0.4 is 0 Å². The summed E-state index contributed by atoms with van der Waals surface area (Å²) in [6.07, 6.45) is 1.17. The number of nitrogens with zero attached hydrogens (tertiary/aromatic N) is 2. The van der Waals surface area contributed by atoms with Crippen molar-refractivity contribution < 1.29 is 15.0 Å². The Morgan fingerprint density at radius 1 is 1.38 bits per heavy atom. The van der Waals surface area contributed by atoms with Crippen molar-refractivity contribution in [3.05, 3.63) is 28.8 Å². The zero-order valence-corrected chi connectivity index (χ0v) is 15.1. The summed E-state index contributed by atoms with van der Waals surface area (Å²) in [4.78, 5) is 17.5. The van der Waals surface area contributed by atoms with Crippen molar-refractivity contribution in [1.29, 1.82) is 0 Å². The van der Waals surface area contributed by atoms with Gasteiger partial charge in [-0.2, -0.15) is 0 Å². The lowest BCUT2D eigenvalue weighted by Crippen LogP contribution is -2.44. The molecule has 0 atom stereocenters. The fourth-order valence-corrected chi connectivity index (χ4v) is 4.20. The van der Waals surface area contributed by atoms with Gasteiger partial charge in [0.15, 0.2) is 0 Å². The molecule has 1 heterocycles. The Morgan fingerprint density at radius 2 is 2.08 bits per heavy atom. The lowest BCUT2D eigenvalue weighted by molar-refractivity contribution is 0.0955. The fraction of sp³-hybridized carbons (Fsp3) is 0.556. The van der Waals surface area contributed by atoms with Gasteiger partial charge in [0.2, 0.25) is 0 Å². The largest absolute Gasteiger partial charge is 0.465 e. The van der Waals surface area contributed by atoms with Gasteiger partial charge in [-0.15, -0.1) is 11.3 Å². The van der Waals surface area contributed by atoms with Gasteiger partial charge < -0.3 is 10.2 Å². The third-order valence-electron chi connectivity index (χ3n) is 4.76. The van der Waals surface area contributed by atoms with Crippen molar-refractivity contribution in [2.75, 3.05) is 6.61 Å². The van der Waals surface area contributed by atoms with Gasteiger partial charge in [-0.3, -0.25) is 4.90 Å². The molecule has 24 heavy (non-hydrogen) atoms. The van der Waals surface area contributed by atoms with Crippen molar-refractivity contribution in [2.24, 2.45) is 5.92 Å². The number of thiazole rings is 1. The van der Waals surface area contributed by atoms with E-state index in [9.17, 15) is 9.90 Å². The van der Waals surface area contributed by atoms with Gasteiger partial charge >= 0.3 is 6.09 Å². The highest BCUT2D eigenvalue weighted by Gasteiger charge is 2.30. The van der Waals surface area contributed by atoms with E-state index in [1.54, 1.807) is 11.3 Å². The Labute approximate surface area is 145 Å². The zero-order valence-electron chi connectivity index (χ0n) is 14.3. The van der Waals surface area contributed by atoms with E-state index in [0.717, 1.165) is 28.1 Å². The maximum Gasteiger partial charge on any atom is 0.408 e. The van der Waals surface area contributed by atoms with Crippen LogP contribution in [0.4, 0.5) is 4.79 Å². The molecule has 130 valence electrons. The molecule has 1 aromatic carbocycles. The van der Waals surface area contributed by atoms with Gasteiger partial charge in [-0.05, 0) is 63.1 Å². The van der Waals surface area contributed by atoms with Crippen LogP contribution in [-0.2, 0) is 6.54 Å². The van der Waals surface area contributed by atoms with Crippen LogP contribution in [0.2, 0.25) is 0 Å². The quantitative estimate of drug-likeness (QED) is 0.874. The summed E-state index contributed by atoms with van der Waals surface area (Å²) < 4.78 is 1.11. The molecule has 0 saturated heterocycles. The summed E-state index contributed by atoms with van der Waals surface area (Å²) in [7, 11) is 0. The minimum Gasteiger partial charge on any atom is -0.465 e. The van der Waals surface area contributed by atoms with Crippen molar-refractivity contribution in [1.82, 2.24) is 9.88 Å². The van der Waals surface area contributed by atoms with Gasteiger partial charge in [0.05, 0.1) is 16.8 Å². The Hall–Kier alpha value is -1.66. The van der Waals surface area contributed by atoms with E-state index in [2.05, 4.69) is 17.1 Å². The number of aliphatic hydroxyl groups is 1. The first kappa shape index (κ1) is 17.2. The highest BCUT2D eigenvalue weighted by molar-refractivity contribution is 7.18. The number of carbonyl (C=O) groups is 1. The molecule has 3 rings (SSSR count). The molecule has 1 aliphatic carbocycles. The number of benzene rings is 1. The van der Waals surface area contributed by atoms with Gasteiger partial charge in [-0.1, -0.05) is 6.07 Å². The SMILES string of the molecule is CC(C)(C)N(Cc1nc2ccc(C3CC(CO)C3)cc2s1)C(=O)O. The molecular weight excluding hydrogens is 324 g/mol. The van der Waals surface area contributed by atoms with Gasteiger partial charge in [-0.25, -0.2) is 9.78 Å². The second-order valence-corrected chi connectivity index (χ2v) is 8.71. The average molecular weight is 348 g/mol. The molecule has 0 radical (unpaired) electrons. The summed E-state index contributed by atoms with van der Waals surface area (Å²) in [5.74, 6) is 0.973. The van der Waals surface area contributed by atoms with E-state index in [4.69, 9.17) is 5.11 Å². The zero-order chi connectivity index (χ0) is 17.5. The highest BCUT2D eigenvalue weighted by atomic mass is 32.1. The van der Waals surface area contributed by atoms with Crippen LogP contribution in [0.1, 0.15) is 50.1 Å². The Balaban J connectivity index is 1.80. The summed E-state index contributed by atoms with van der Waals surface area (Å²) in [6.45, 7) is 6.26. The number of amides is 1. The van der Waals surface area contributed by atoms with Gasteiger partial charge in [0.25, 0.3) is 0 Å². The molecule has 0 aliphatic heterocycles. The normalized spacial score (nSPS) is 20.8. The molecule has 1 aromatic heterocycles. The third kappa shape index (κ3) is 3.39. The topological polar surface area (TPSA) is 73.7 Å². The number of carboxylic acid groups (broad SMARTS) is 1. The van der Waals surface area contributed by atoms with Crippen molar-refractivity contribution in [2.45, 2.75) is 51.6 Å². The predicted molar refractivity (Wildman–Crippen MR) is 95.5 cm³/mol. The number of rotatable bonds is 4. The Morgan fingerprint density at radius 3 is 2.67 bits per heavy atom. The summed E-state index contributed by atoms with van der Waals surface area (Å²) in [6, 6.07) is 6.32. The van der Waals surface area contributed by atoms with E-state index in [0.29, 0.717) is 18.4 Å². The lowest BCUT2D eigenvalue weighted by atomic mass is 9.72. The van der Waals surface area contributed by atoms with Crippen LogP contribution in [0.15, 0.2) is 18.2 Å². The fourth-order valence-electron chi connectivity index (χ4n) is 3.19. The lowest BCUT2D eigenvalue weighted by Gasteiger charge is -2.34. The molecule has 0 spiro atoms. The smallest absolute Gasteiger partial charge is 0.408 e. The standard InChI is InChI=1S/C18H24N2O3S/c1-18(2,3)20(17(22)23)9-16-19-14-5-4-12(8-15(14)24-16)13-6-11(7-13)10-21/h4-5,8,11,13,21H,6-7,9-10H2,1-3H3,(H,22,23). The molecule has 1 fully saturated rings. The minimum atomic E-state index is -0.924. The van der Waals surface area contributed by atoms with Crippen molar-refractivity contribution in [3.8, 4) is 0 Å². The predicted octanol–water partition coefficient (Wildman–Crippen LogP) is 4.06. The van der Waals surface area contributed by atoms with Crippen LogP contribution in [0.5, 0.6) is 0 Å². The van der Waals surface area contributed by atoms with E-state index >= 15 is 0 Å². The molecule has 6 heteroatoms. The van der Waals surface area contributed by atoms with E-state index in [1.807, 2.05) is 26.8 Å². The molecule has 1 saturated carbocycles. The van der Waals surface area contributed by atoms with E-state index in [1.165, 1.54) is 10.5 Å². The maximum atomic E-state index is 11.5. The molecule has 1 aliphatic rings. The maximum absolute atomic E-state index is 11.5. The first-order valence-electron chi connectivity index (χ1n) is 8.28. The monoisotopic (exact) mass is 348 g/mol. The van der Waals surface area contributed by atoms with Crippen LogP contribution in [0, 0.1) is 5.92 Å². The Bertz CT molecular complexity index is 744. The molecule has 1 amide bonds. The third-order valence-corrected chi connectivity index (χ3v) is 5.76. The number of aromatic nitrogens is 1. The molecule has 0 bridgehead atoms. The number of hydrogen-bond acceptors (Lipinski definition) is 4. The average Bonchev–Trinajstić information content (AvgIpc) is 2.84. The second-order valence-electron chi connectivity index (χ2n) is 7.59. The van der Waals surface area contributed by atoms with Crippen LogP contribution in [0.3, 0.4) is 0 Å². The summed E-state index contributed by atoms with van der Waals surface area (Å²) >= 11 is 1.57. The summed E-state index contributed by atoms with van der Waals surface area (Å²) in [5, 5.41) is 19.4. The Kier molecular flexibility index (Phi) is 4.53. The van der Waals surface area contributed by atoms with E-state index in [-0.39, 0.29) is 6.61 Å². The van der Waals surface area contributed by atoms with Gasteiger partial charge in [0.1, 0.15) is 5.01 Å². The van der Waals surface area contributed by atoms with Crippen LogP contribution in [0.25, 0.3) is 10.2 Å². The number of aliphatic hydroxyl groups excluding tert-OH is 1. The molecular formula is C18H24N2O3S. The first-order chi connectivity index (χ1) is 11.3.